The van der Waals surface area contributed by atoms with Crippen LogP contribution in [0.4, 0.5) is 26.0 Å². The Kier molecular flexibility index (Phi) is 18.5. The van der Waals surface area contributed by atoms with Gasteiger partial charge in [0.15, 0.2) is 45.6 Å². The number of pyridine rings is 6. The Morgan fingerprint density at radius 2 is 1.24 bits per heavy atom. The molecule has 0 radical (unpaired) electrons. The molecular weight excluding hydrogens is 1060 g/mol. The Hall–Kier alpha value is -8.85. The fourth-order valence-corrected chi connectivity index (χ4v) is 8.59. The van der Waals surface area contributed by atoms with Crippen molar-refractivity contribution in [3.8, 4) is 51.7 Å². The highest BCUT2D eigenvalue weighted by Gasteiger charge is 2.25. The zero-order valence-electron chi connectivity index (χ0n) is 44.1. The predicted molar refractivity (Wildman–Crippen MR) is 292 cm³/mol. The number of furan rings is 2. The molecule has 2 aliphatic heterocycles. The van der Waals surface area contributed by atoms with Gasteiger partial charge in [0, 0.05) is 91.2 Å². The summed E-state index contributed by atoms with van der Waals surface area (Å²) in [6.45, 7) is 9.81. The lowest BCUT2D eigenvalue weighted by Gasteiger charge is -2.24. The molecule has 0 atom stereocenters. The van der Waals surface area contributed by atoms with Gasteiger partial charge >= 0.3 is 7.12 Å². The Bertz CT molecular complexity index is 3650. The minimum absolute atomic E-state index is 0.0775. The number of amides is 2. The molecule has 0 aromatic carbocycles. The molecule has 0 bridgehead atoms. The Morgan fingerprint density at radius 3 is 1.74 bits per heavy atom. The highest BCUT2D eigenvalue weighted by Crippen LogP contribution is 2.39. The zero-order chi connectivity index (χ0) is 57.2. The maximum absolute atomic E-state index is 15.1. The monoisotopic (exact) mass is 1110 g/mol. The second kappa shape index (κ2) is 25.7. The SMILES string of the molecule is COc1cc(C(=O)N(C)C)cnc1-c1cc2ncc(F)c(-c3ccc(NC4CCOCC4)c(C#N)n3)c2o1.COc1cc(C(=O)N(C)C)cnc1-c1cc2ncc(F)c(Cl)c2o1.[C-]#[N+]c1nc(B(O)O)ccc1NC1CCOCC1. The van der Waals surface area contributed by atoms with E-state index < -0.39 is 18.8 Å². The summed E-state index contributed by atoms with van der Waals surface area (Å²) in [4.78, 5) is 55.6. The van der Waals surface area contributed by atoms with E-state index in [2.05, 4.69) is 51.5 Å². The number of rotatable bonds is 12. The van der Waals surface area contributed by atoms with Gasteiger partial charge in [-0.3, -0.25) is 9.59 Å². The number of carbonyl (C=O) groups is 2. The molecule has 22 nitrogen and oxygen atoms in total. The summed E-state index contributed by atoms with van der Waals surface area (Å²) < 4.78 is 61.7. The third kappa shape index (κ3) is 13.0. The van der Waals surface area contributed by atoms with Gasteiger partial charge in [0.25, 0.3) is 17.6 Å². The number of halogens is 3. The molecule has 0 aliphatic carbocycles. The lowest BCUT2D eigenvalue weighted by Crippen LogP contribution is -2.33. The van der Waals surface area contributed by atoms with E-state index in [9.17, 15) is 19.2 Å². The van der Waals surface area contributed by atoms with Gasteiger partial charge < -0.3 is 63.1 Å². The van der Waals surface area contributed by atoms with Crippen LogP contribution < -0.4 is 25.7 Å². The van der Waals surface area contributed by atoms with Gasteiger partial charge in [-0.15, -0.1) is 4.98 Å². The first-order chi connectivity index (χ1) is 38.5. The van der Waals surface area contributed by atoms with E-state index in [1.54, 1.807) is 70.7 Å². The minimum atomic E-state index is -1.65. The highest BCUT2D eigenvalue weighted by molar-refractivity contribution is 6.57. The highest BCUT2D eigenvalue weighted by atomic mass is 35.5. The number of nitrogens with zero attached hydrogens (tertiary/aromatic N) is 10. The second-order valence-electron chi connectivity index (χ2n) is 18.4. The average molecular weight is 1110 g/mol. The molecule has 2 amide bonds. The van der Waals surface area contributed by atoms with E-state index in [0.717, 1.165) is 38.1 Å². The summed E-state index contributed by atoms with van der Waals surface area (Å²) in [7, 11) is 7.83. The lowest BCUT2D eigenvalue weighted by molar-refractivity contribution is 0.0819. The number of nitriles is 1. The number of anilines is 2. The Morgan fingerprint density at radius 1 is 0.738 bits per heavy atom. The first-order valence-corrected chi connectivity index (χ1v) is 25.1. The molecule has 80 heavy (non-hydrogen) atoms. The van der Waals surface area contributed by atoms with Crippen LogP contribution in [0.15, 0.2) is 82.2 Å². The molecule has 4 N–H and O–H groups in total. The number of hydrogen-bond donors (Lipinski definition) is 4. The van der Waals surface area contributed by atoms with Gasteiger partial charge in [0.05, 0.1) is 60.4 Å². The van der Waals surface area contributed by atoms with E-state index in [-0.39, 0.29) is 74.2 Å². The molecule has 412 valence electrons. The molecule has 2 fully saturated rings. The molecule has 10 rings (SSSR count). The molecule has 8 aromatic heterocycles. The van der Waals surface area contributed by atoms with Gasteiger partial charge in [0.2, 0.25) is 0 Å². The first kappa shape index (κ1) is 57.3. The number of aromatic nitrogens is 6. The number of carbonyl (C=O) groups excluding carboxylic acids is 2. The summed E-state index contributed by atoms with van der Waals surface area (Å²) in [6, 6.07) is 15.4. The van der Waals surface area contributed by atoms with Gasteiger partial charge in [0.1, 0.15) is 45.0 Å². The summed E-state index contributed by atoms with van der Waals surface area (Å²) in [5.74, 6) is -0.346. The maximum atomic E-state index is 15.1. The number of fused-ring (bicyclic) bond motifs is 2. The fraction of sp³-hybridized carbons (Fsp3) is 0.296. The summed E-state index contributed by atoms with van der Waals surface area (Å²) >= 11 is 5.89. The topological polar surface area (TPSA) is 274 Å². The van der Waals surface area contributed by atoms with Crippen molar-refractivity contribution < 1.29 is 56.2 Å². The van der Waals surface area contributed by atoms with Crippen LogP contribution in [0.5, 0.6) is 11.5 Å². The van der Waals surface area contributed by atoms with Gasteiger partial charge in [-0.1, -0.05) is 18.2 Å². The van der Waals surface area contributed by atoms with Gasteiger partial charge in [-0.05, 0) is 62.1 Å². The third-order valence-electron chi connectivity index (χ3n) is 12.5. The lowest BCUT2D eigenvalue weighted by atomic mass is 9.85. The molecule has 2 saturated heterocycles. The molecule has 0 saturated carbocycles. The molecule has 0 unspecified atom stereocenters. The van der Waals surface area contributed by atoms with Crippen molar-refractivity contribution in [2.24, 2.45) is 0 Å². The van der Waals surface area contributed by atoms with E-state index in [1.165, 1.54) is 42.5 Å². The van der Waals surface area contributed by atoms with Crippen LogP contribution in [0.1, 0.15) is 52.1 Å². The zero-order valence-corrected chi connectivity index (χ0v) is 44.8. The van der Waals surface area contributed by atoms with Crippen LogP contribution in [0, 0.1) is 29.5 Å². The van der Waals surface area contributed by atoms with E-state index >= 15 is 4.39 Å². The van der Waals surface area contributed by atoms with Gasteiger partial charge in [-0.2, -0.15) is 5.26 Å². The van der Waals surface area contributed by atoms with Crippen molar-refractivity contribution in [3.63, 3.8) is 0 Å². The number of hydrogen-bond acceptors (Lipinski definition) is 19. The van der Waals surface area contributed by atoms with Crippen LogP contribution in [0.3, 0.4) is 0 Å². The summed E-state index contributed by atoms with van der Waals surface area (Å²) in [6.07, 6.45) is 8.38. The van der Waals surface area contributed by atoms with Crippen molar-refractivity contribution in [3.05, 3.63) is 118 Å². The van der Waals surface area contributed by atoms with E-state index in [0.29, 0.717) is 88.6 Å². The van der Waals surface area contributed by atoms with Crippen molar-refractivity contribution in [2.75, 3.05) is 79.5 Å². The van der Waals surface area contributed by atoms with Gasteiger partial charge in [-0.25, -0.2) is 33.7 Å². The first-order valence-electron chi connectivity index (χ1n) is 24.7. The molecule has 8 aromatic rings. The minimum Gasteiger partial charge on any atom is -0.494 e. The average Bonchev–Trinajstić information content (AvgIpc) is 4.21. The van der Waals surface area contributed by atoms with Crippen LogP contribution in [0.25, 0.3) is 61.2 Å². The van der Waals surface area contributed by atoms with Crippen LogP contribution in [-0.2, 0) is 9.47 Å². The normalized spacial score (nSPS) is 13.4. The largest absolute Gasteiger partial charge is 0.533 e. The van der Waals surface area contributed by atoms with Crippen LogP contribution in [-0.4, -0.2) is 150 Å². The number of ether oxygens (including phenoxy) is 4. The van der Waals surface area contributed by atoms with E-state index in [1.807, 2.05) is 0 Å². The smallest absolute Gasteiger partial charge is 0.494 e. The molecular formula is C54H52BClF2N12O10. The molecule has 10 heterocycles. The van der Waals surface area contributed by atoms with Crippen molar-refractivity contribution in [2.45, 2.75) is 37.8 Å². The Balaban J connectivity index is 0.000000171. The summed E-state index contributed by atoms with van der Waals surface area (Å²) in [5, 5.41) is 34.2. The quantitative estimate of drug-likeness (QED) is 0.0678. The van der Waals surface area contributed by atoms with E-state index in [4.69, 9.17) is 56.0 Å². The predicted octanol–water partition coefficient (Wildman–Crippen LogP) is 7.56. The van der Waals surface area contributed by atoms with Crippen LogP contribution >= 0.6 is 11.6 Å². The Labute approximate surface area is 462 Å². The molecule has 0 spiro atoms. The van der Waals surface area contributed by atoms with Crippen LogP contribution in [0.2, 0.25) is 5.02 Å². The number of nitrogens with one attached hydrogen (secondary N) is 2. The van der Waals surface area contributed by atoms with Crippen molar-refractivity contribution in [1.29, 1.82) is 5.26 Å². The fourth-order valence-electron chi connectivity index (χ4n) is 8.40. The standard InChI is InChI=1S/C27H25FN6O4.C16H13ClFN3O3.C11H14BN3O3/c1-34(2)27(35)15-10-22(36-3)25(31-13-15)23-11-20-26(38-23)24(17(28)14-30-20)19-5-4-18(21(12-29)33-19)32-16-6-8-37-9-7-16;1-21(2)16(22)8-4-11(23-3)14(20-6-8)12-5-10-15(24-12)13(17)9(18)7-19-10;1-13-11-9(2-3-10(15-11)12(16)17)14-8-4-6-18-7-5-8/h4-5,10-11,13-14,16,32H,6-9H2,1-3H3;4-7H,1-3H3;2-3,8,14,16-17H,4-7H2. The maximum Gasteiger partial charge on any atom is 0.533 e. The second-order valence-corrected chi connectivity index (χ2v) is 18.7. The molecule has 26 heteroatoms. The number of methoxy groups -OCH3 is 2. The van der Waals surface area contributed by atoms with Crippen molar-refractivity contribution >= 4 is 75.5 Å². The summed E-state index contributed by atoms with van der Waals surface area (Å²) in [5.41, 5.74) is 4.21. The van der Waals surface area contributed by atoms with Crippen molar-refractivity contribution in [1.82, 2.24) is 39.7 Å². The molecule has 2 aliphatic rings. The third-order valence-corrected chi connectivity index (χ3v) is 12.9.